The Morgan fingerprint density at radius 2 is 2.22 bits per heavy atom. The van der Waals surface area contributed by atoms with Crippen LogP contribution in [0.1, 0.15) is 12.1 Å². The van der Waals surface area contributed by atoms with Crippen LogP contribution in [-0.2, 0) is 14.8 Å². The SMILES string of the molecule is Cc1nc(Cl)ncc1N1CC(S(N)(=O)=O)CC1=O. The summed E-state index contributed by atoms with van der Waals surface area (Å²) in [5.41, 5.74) is 0.967. The van der Waals surface area contributed by atoms with E-state index in [1.807, 2.05) is 0 Å². The van der Waals surface area contributed by atoms with Gasteiger partial charge >= 0.3 is 0 Å². The molecule has 1 atom stereocenters. The predicted molar refractivity (Wildman–Crippen MR) is 65.6 cm³/mol. The van der Waals surface area contributed by atoms with Crippen LogP contribution in [0.4, 0.5) is 5.69 Å². The average molecular weight is 291 g/mol. The molecule has 0 aliphatic carbocycles. The lowest BCUT2D eigenvalue weighted by atomic mass is 10.3. The molecule has 2 N–H and O–H groups in total. The van der Waals surface area contributed by atoms with E-state index >= 15 is 0 Å². The number of nitrogens with zero attached hydrogens (tertiary/aromatic N) is 3. The molecule has 0 bridgehead atoms. The Balaban J connectivity index is 2.33. The van der Waals surface area contributed by atoms with Crippen LogP contribution in [0.5, 0.6) is 0 Å². The predicted octanol–water partition coefficient (Wildman–Crippen LogP) is -0.168. The number of nitrogens with two attached hydrogens (primary N) is 1. The molecule has 1 aromatic heterocycles. The molecule has 9 heteroatoms. The van der Waals surface area contributed by atoms with E-state index in [4.69, 9.17) is 16.7 Å². The van der Waals surface area contributed by atoms with Crippen LogP contribution >= 0.6 is 11.6 Å². The summed E-state index contributed by atoms with van der Waals surface area (Å²) in [6, 6.07) is 0. The molecular weight excluding hydrogens is 280 g/mol. The molecule has 0 aromatic carbocycles. The zero-order chi connectivity index (χ0) is 13.5. The first-order valence-corrected chi connectivity index (χ1v) is 7.09. The van der Waals surface area contributed by atoms with E-state index < -0.39 is 15.3 Å². The molecule has 1 saturated heterocycles. The van der Waals surface area contributed by atoms with Gasteiger partial charge in [0.15, 0.2) is 0 Å². The van der Waals surface area contributed by atoms with Crippen molar-refractivity contribution in [2.45, 2.75) is 18.6 Å². The van der Waals surface area contributed by atoms with Crippen LogP contribution in [0.3, 0.4) is 0 Å². The van der Waals surface area contributed by atoms with Crippen molar-refractivity contribution in [1.82, 2.24) is 9.97 Å². The highest BCUT2D eigenvalue weighted by Gasteiger charge is 2.37. The summed E-state index contributed by atoms with van der Waals surface area (Å²) in [5, 5.41) is 4.23. The molecule has 1 unspecified atom stereocenters. The fraction of sp³-hybridized carbons (Fsp3) is 0.444. The zero-order valence-corrected chi connectivity index (χ0v) is 11.1. The minimum atomic E-state index is -3.73. The van der Waals surface area contributed by atoms with E-state index in [2.05, 4.69) is 9.97 Å². The largest absolute Gasteiger partial charge is 0.308 e. The second-order valence-electron chi connectivity index (χ2n) is 4.03. The van der Waals surface area contributed by atoms with Gasteiger partial charge in [0.05, 0.1) is 17.6 Å². The number of aromatic nitrogens is 2. The first-order chi connectivity index (χ1) is 8.29. The Hall–Kier alpha value is -1.25. The van der Waals surface area contributed by atoms with Gasteiger partial charge in [-0.25, -0.2) is 23.5 Å². The number of hydrogen-bond acceptors (Lipinski definition) is 5. The monoisotopic (exact) mass is 290 g/mol. The van der Waals surface area contributed by atoms with Crippen molar-refractivity contribution in [2.24, 2.45) is 5.14 Å². The van der Waals surface area contributed by atoms with Crippen LogP contribution in [-0.4, -0.2) is 36.1 Å². The number of carbonyl (C=O) groups is 1. The number of amides is 1. The standard InChI is InChI=1S/C9H11ClN4O3S/c1-5-7(3-12-9(10)13-5)14-4-6(2-8(14)15)18(11,16)17/h3,6H,2,4H2,1H3,(H2,11,16,17). The van der Waals surface area contributed by atoms with Crippen molar-refractivity contribution in [3.63, 3.8) is 0 Å². The minimum absolute atomic E-state index is 0.0174. The van der Waals surface area contributed by atoms with Gasteiger partial charge in [0, 0.05) is 13.0 Å². The normalized spacial score (nSPS) is 20.5. The van der Waals surface area contributed by atoms with Crippen molar-refractivity contribution >= 4 is 33.2 Å². The quantitative estimate of drug-likeness (QED) is 0.761. The van der Waals surface area contributed by atoms with Crippen molar-refractivity contribution < 1.29 is 13.2 Å². The third-order valence-electron chi connectivity index (χ3n) is 2.77. The lowest BCUT2D eigenvalue weighted by Crippen LogP contribution is -2.32. The van der Waals surface area contributed by atoms with Crippen molar-refractivity contribution in [1.29, 1.82) is 0 Å². The van der Waals surface area contributed by atoms with Gasteiger partial charge in [0.2, 0.25) is 21.2 Å². The van der Waals surface area contributed by atoms with E-state index in [1.54, 1.807) is 6.92 Å². The van der Waals surface area contributed by atoms with E-state index in [1.165, 1.54) is 11.1 Å². The molecule has 18 heavy (non-hydrogen) atoms. The summed E-state index contributed by atoms with van der Waals surface area (Å²) in [5.74, 6) is -0.317. The number of halogens is 1. The Bertz CT molecular complexity index is 604. The summed E-state index contributed by atoms with van der Waals surface area (Å²) >= 11 is 5.62. The molecule has 1 fully saturated rings. The number of carbonyl (C=O) groups excluding carboxylic acids is 1. The molecular formula is C9H11ClN4O3S. The highest BCUT2D eigenvalue weighted by Crippen LogP contribution is 2.26. The Kier molecular flexibility index (Phi) is 3.26. The van der Waals surface area contributed by atoms with Crippen LogP contribution in [0, 0.1) is 6.92 Å². The molecule has 7 nitrogen and oxygen atoms in total. The van der Waals surface area contributed by atoms with Gasteiger partial charge in [-0.3, -0.25) is 4.79 Å². The summed E-state index contributed by atoms with van der Waals surface area (Å²) in [6.07, 6.45) is 1.27. The van der Waals surface area contributed by atoms with Crippen LogP contribution < -0.4 is 10.0 Å². The van der Waals surface area contributed by atoms with E-state index in [-0.39, 0.29) is 24.2 Å². The van der Waals surface area contributed by atoms with Crippen molar-refractivity contribution in [3.05, 3.63) is 17.2 Å². The van der Waals surface area contributed by atoms with Gasteiger partial charge in [-0.1, -0.05) is 0 Å². The number of aryl methyl sites for hydroxylation is 1. The van der Waals surface area contributed by atoms with Gasteiger partial charge in [-0.2, -0.15) is 0 Å². The van der Waals surface area contributed by atoms with Gasteiger partial charge < -0.3 is 4.90 Å². The molecule has 98 valence electrons. The lowest BCUT2D eigenvalue weighted by molar-refractivity contribution is -0.117. The molecule has 1 aromatic rings. The van der Waals surface area contributed by atoms with E-state index in [9.17, 15) is 13.2 Å². The average Bonchev–Trinajstić information content (AvgIpc) is 2.60. The molecule has 1 amide bonds. The lowest BCUT2D eigenvalue weighted by Gasteiger charge is -2.17. The van der Waals surface area contributed by atoms with E-state index in [0.717, 1.165) is 0 Å². The van der Waals surface area contributed by atoms with Crippen LogP contribution in [0.2, 0.25) is 5.28 Å². The fourth-order valence-electron chi connectivity index (χ4n) is 1.83. The second-order valence-corrected chi connectivity index (χ2v) is 6.21. The highest BCUT2D eigenvalue weighted by molar-refractivity contribution is 7.89. The molecule has 1 aliphatic heterocycles. The topological polar surface area (TPSA) is 106 Å². The number of primary sulfonamides is 1. The molecule has 2 heterocycles. The molecule has 0 saturated carbocycles. The Morgan fingerprint density at radius 3 is 2.72 bits per heavy atom. The highest BCUT2D eigenvalue weighted by atomic mass is 35.5. The van der Waals surface area contributed by atoms with Gasteiger partial charge in [-0.15, -0.1) is 0 Å². The van der Waals surface area contributed by atoms with Crippen molar-refractivity contribution in [3.8, 4) is 0 Å². The van der Waals surface area contributed by atoms with Crippen LogP contribution in [0.25, 0.3) is 0 Å². The van der Waals surface area contributed by atoms with E-state index in [0.29, 0.717) is 11.4 Å². The molecule has 1 aliphatic rings. The number of sulfonamides is 1. The zero-order valence-electron chi connectivity index (χ0n) is 9.50. The Labute approximate surface area is 109 Å². The third-order valence-corrected chi connectivity index (χ3v) is 4.20. The fourth-order valence-corrected chi connectivity index (χ4v) is 2.73. The maximum atomic E-state index is 11.8. The molecule has 0 spiro atoms. The first-order valence-electron chi connectivity index (χ1n) is 5.10. The summed E-state index contributed by atoms with van der Waals surface area (Å²) in [7, 11) is -3.73. The summed E-state index contributed by atoms with van der Waals surface area (Å²) in [6.45, 7) is 1.68. The molecule has 0 radical (unpaired) electrons. The number of hydrogen-bond donors (Lipinski definition) is 1. The smallest absolute Gasteiger partial charge is 0.228 e. The van der Waals surface area contributed by atoms with Gasteiger partial charge in [0.1, 0.15) is 5.25 Å². The maximum Gasteiger partial charge on any atom is 0.228 e. The number of anilines is 1. The third kappa shape index (κ3) is 2.45. The Morgan fingerprint density at radius 1 is 1.56 bits per heavy atom. The van der Waals surface area contributed by atoms with Crippen LogP contribution in [0.15, 0.2) is 6.20 Å². The van der Waals surface area contributed by atoms with Gasteiger partial charge in [0.25, 0.3) is 0 Å². The summed E-state index contributed by atoms with van der Waals surface area (Å²) in [4.78, 5) is 20.8. The maximum absolute atomic E-state index is 11.8. The van der Waals surface area contributed by atoms with Crippen molar-refractivity contribution in [2.75, 3.05) is 11.4 Å². The number of rotatable bonds is 2. The first kappa shape index (κ1) is 13.2. The van der Waals surface area contributed by atoms with Gasteiger partial charge in [-0.05, 0) is 18.5 Å². The molecule has 2 rings (SSSR count). The summed E-state index contributed by atoms with van der Waals surface area (Å²) < 4.78 is 22.5. The minimum Gasteiger partial charge on any atom is -0.308 e. The second kappa shape index (κ2) is 4.45.